The van der Waals surface area contributed by atoms with E-state index in [1.54, 1.807) is 30.3 Å². The molecule has 0 saturated heterocycles. The predicted molar refractivity (Wildman–Crippen MR) is 86.0 cm³/mol. The summed E-state index contributed by atoms with van der Waals surface area (Å²) >= 11 is 6.97. The lowest BCUT2D eigenvalue weighted by atomic mass is 10.1. The summed E-state index contributed by atoms with van der Waals surface area (Å²) < 4.78 is 13.9. The largest absolute Gasteiger partial charge is 0.356 e. The number of ketones is 1. The minimum Gasteiger partial charge on any atom is -0.356 e. The zero-order chi connectivity index (χ0) is 15.9. The van der Waals surface area contributed by atoms with Crippen molar-refractivity contribution in [1.82, 2.24) is 5.32 Å². The Labute approximate surface area is 137 Å². The van der Waals surface area contributed by atoms with Crippen LogP contribution in [0, 0.1) is 5.82 Å². The summed E-state index contributed by atoms with van der Waals surface area (Å²) in [6.45, 7) is 0.346. The molecule has 0 radical (unpaired) electrons. The van der Waals surface area contributed by atoms with Crippen LogP contribution in [0.2, 0.25) is 4.34 Å². The molecule has 22 heavy (non-hydrogen) atoms. The Hall–Kier alpha value is -1.72. The van der Waals surface area contributed by atoms with Crippen molar-refractivity contribution >= 4 is 34.6 Å². The minimum absolute atomic E-state index is 0.0962. The number of nitrogens with one attached hydrogen (secondary N) is 1. The Kier molecular flexibility index (Phi) is 6.10. The summed E-state index contributed by atoms with van der Waals surface area (Å²) in [7, 11) is 0. The van der Waals surface area contributed by atoms with Crippen molar-refractivity contribution in [2.75, 3.05) is 6.54 Å². The number of thiophene rings is 1. The van der Waals surface area contributed by atoms with Gasteiger partial charge in [0, 0.05) is 19.4 Å². The first kappa shape index (κ1) is 16.6. The number of carbonyl (C=O) groups excluding carboxylic acids is 2. The van der Waals surface area contributed by atoms with Gasteiger partial charge in [0.1, 0.15) is 5.82 Å². The topological polar surface area (TPSA) is 46.2 Å². The number of hydrogen-bond acceptors (Lipinski definition) is 3. The average Bonchev–Trinajstić information content (AvgIpc) is 2.93. The highest BCUT2D eigenvalue weighted by Crippen LogP contribution is 2.22. The SMILES string of the molecule is O=C(CCC(=O)c1ccc(Cl)s1)NCCc1ccccc1F. The van der Waals surface area contributed by atoms with Crippen molar-refractivity contribution in [2.45, 2.75) is 19.3 Å². The standard InChI is InChI=1S/C16H15ClFNO2S/c17-15-7-6-14(22-15)13(20)5-8-16(21)19-10-9-11-3-1-2-4-12(11)18/h1-4,6-7H,5,8-10H2,(H,19,21). The molecule has 2 aromatic rings. The van der Waals surface area contributed by atoms with Gasteiger partial charge in [0.15, 0.2) is 5.78 Å². The van der Waals surface area contributed by atoms with Crippen LogP contribution >= 0.6 is 22.9 Å². The summed E-state index contributed by atoms with van der Waals surface area (Å²) in [6.07, 6.45) is 0.681. The second kappa shape index (κ2) is 8.06. The van der Waals surface area contributed by atoms with E-state index in [0.717, 1.165) is 0 Å². The Morgan fingerprint density at radius 3 is 2.59 bits per heavy atom. The third-order valence-electron chi connectivity index (χ3n) is 3.10. The molecular formula is C16H15ClFNO2S. The summed E-state index contributed by atoms with van der Waals surface area (Å²) in [5.41, 5.74) is 0.562. The Bertz CT molecular complexity index is 672. The van der Waals surface area contributed by atoms with E-state index in [2.05, 4.69) is 5.32 Å². The molecular weight excluding hydrogens is 325 g/mol. The van der Waals surface area contributed by atoms with Gasteiger partial charge in [-0.05, 0) is 30.2 Å². The smallest absolute Gasteiger partial charge is 0.220 e. The summed E-state index contributed by atoms with van der Waals surface area (Å²) in [5.74, 6) is -0.588. The lowest BCUT2D eigenvalue weighted by molar-refractivity contribution is -0.121. The quantitative estimate of drug-likeness (QED) is 0.778. The first-order valence-corrected chi connectivity index (χ1v) is 8.04. The number of benzene rings is 1. The molecule has 1 heterocycles. The molecule has 6 heteroatoms. The molecule has 0 bridgehead atoms. The third-order valence-corrected chi connectivity index (χ3v) is 4.37. The first-order chi connectivity index (χ1) is 10.6. The lowest BCUT2D eigenvalue weighted by Crippen LogP contribution is -2.26. The Morgan fingerprint density at radius 1 is 1.14 bits per heavy atom. The maximum absolute atomic E-state index is 13.4. The Balaban J connectivity index is 1.70. The number of carbonyl (C=O) groups is 2. The van der Waals surface area contributed by atoms with Gasteiger partial charge in [-0.15, -0.1) is 11.3 Å². The zero-order valence-corrected chi connectivity index (χ0v) is 13.3. The van der Waals surface area contributed by atoms with Crippen LogP contribution in [-0.2, 0) is 11.2 Å². The van der Waals surface area contributed by atoms with Crippen LogP contribution in [0.3, 0.4) is 0 Å². The van der Waals surface area contributed by atoms with Crippen LogP contribution in [0.5, 0.6) is 0 Å². The molecule has 0 atom stereocenters. The van der Waals surface area contributed by atoms with Gasteiger partial charge >= 0.3 is 0 Å². The molecule has 3 nitrogen and oxygen atoms in total. The fourth-order valence-corrected chi connectivity index (χ4v) is 2.95. The molecule has 0 aliphatic heterocycles. The van der Waals surface area contributed by atoms with Gasteiger partial charge in [0.2, 0.25) is 5.91 Å². The van der Waals surface area contributed by atoms with Crippen LogP contribution in [0.4, 0.5) is 4.39 Å². The number of rotatable bonds is 7. The van der Waals surface area contributed by atoms with Crippen molar-refractivity contribution in [3.8, 4) is 0 Å². The van der Waals surface area contributed by atoms with Crippen LogP contribution in [0.15, 0.2) is 36.4 Å². The molecule has 0 spiro atoms. The molecule has 0 aliphatic carbocycles. The predicted octanol–water partition coefficient (Wildman–Crippen LogP) is 3.86. The second-order valence-electron chi connectivity index (χ2n) is 4.72. The average molecular weight is 340 g/mol. The summed E-state index contributed by atoms with van der Waals surface area (Å²) in [4.78, 5) is 24.1. The van der Waals surface area contributed by atoms with E-state index in [-0.39, 0.29) is 30.3 Å². The van der Waals surface area contributed by atoms with E-state index in [0.29, 0.717) is 27.7 Å². The molecule has 1 aromatic carbocycles. The summed E-state index contributed by atoms with van der Waals surface area (Å²) in [5, 5.41) is 2.69. The van der Waals surface area contributed by atoms with E-state index in [1.807, 2.05) is 0 Å². The molecule has 0 saturated carbocycles. The van der Waals surface area contributed by atoms with Crippen molar-refractivity contribution < 1.29 is 14.0 Å². The molecule has 0 aliphatic rings. The van der Waals surface area contributed by atoms with Gasteiger partial charge in [0.05, 0.1) is 9.21 Å². The molecule has 2 rings (SSSR count). The maximum atomic E-state index is 13.4. The normalized spacial score (nSPS) is 10.5. The number of hydrogen-bond donors (Lipinski definition) is 1. The van der Waals surface area contributed by atoms with Crippen molar-refractivity contribution in [1.29, 1.82) is 0 Å². The van der Waals surface area contributed by atoms with Gasteiger partial charge in [0.25, 0.3) is 0 Å². The van der Waals surface area contributed by atoms with E-state index in [9.17, 15) is 14.0 Å². The highest BCUT2D eigenvalue weighted by atomic mass is 35.5. The van der Waals surface area contributed by atoms with Crippen LogP contribution in [0.1, 0.15) is 28.1 Å². The Morgan fingerprint density at radius 2 is 1.91 bits per heavy atom. The minimum atomic E-state index is -0.276. The van der Waals surface area contributed by atoms with E-state index < -0.39 is 0 Å². The second-order valence-corrected chi connectivity index (χ2v) is 6.43. The van der Waals surface area contributed by atoms with Crippen LogP contribution in [-0.4, -0.2) is 18.2 Å². The fourth-order valence-electron chi connectivity index (χ4n) is 1.94. The molecule has 0 unspecified atom stereocenters. The highest BCUT2D eigenvalue weighted by Gasteiger charge is 2.11. The van der Waals surface area contributed by atoms with Crippen molar-refractivity contribution in [3.05, 3.63) is 57.0 Å². The van der Waals surface area contributed by atoms with E-state index in [1.165, 1.54) is 17.4 Å². The van der Waals surface area contributed by atoms with E-state index >= 15 is 0 Å². The highest BCUT2D eigenvalue weighted by molar-refractivity contribution is 7.18. The van der Waals surface area contributed by atoms with E-state index in [4.69, 9.17) is 11.6 Å². The molecule has 1 aromatic heterocycles. The molecule has 0 fully saturated rings. The van der Waals surface area contributed by atoms with Gasteiger partial charge in [-0.1, -0.05) is 29.8 Å². The zero-order valence-electron chi connectivity index (χ0n) is 11.8. The van der Waals surface area contributed by atoms with Crippen molar-refractivity contribution in [2.24, 2.45) is 0 Å². The molecule has 116 valence electrons. The van der Waals surface area contributed by atoms with Gasteiger partial charge in [-0.3, -0.25) is 9.59 Å². The number of amides is 1. The first-order valence-electron chi connectivity index (χ1n) is 6.85. The monoisotopic (exact) mass is 339 g/mol. The maximum Gasteiger partial charge on any atom is 0.220 e. The van der Waals surface area contributed by atoms with Gasteiger partial charge < -0.3 is 5.32 Å². The third kappa shape index (κ3) is 4.93. The molecule has 1 N–H and O–H groups in total. The number of halogens is 2. The lowest BCUT2D eigenvalue weighted by Gasteiger charge is -2.05. The van der Waals surface area contributed by atoms with Crippen LogP contribution < -0.4 is 5.32 Å². The fraction of sp³-hybridized carbons (Fsp3) is 0.250. The van der Waals surface area contributed by atoms with Crippen LogP contribution in [0.25, 0.3) is 0 Å². The molecule has 1 amide bonds. The van der Waals surface area contributed by atoms with Gasteiger partial charge in [-0.2, -0.15) is 0 Å². The van der Waals surface area contributed by atoms with Gasteiger partial charge in [-0.25, -0.2) is 4.39 Å². The summed E-state index contributed by atoms with van der Waals surface area (Å²) in [6, 6.07) is 9.78. The number of Topliss-reactive ketones (excluding diaryl/α,β-unsaturated/α-hetero) is 1. The van der Waals surface area contributed by atoms with Crippen molar-refractivity contribution in [3.63, 3.8) is 0 Å².